The summed E-state index contributed by atoms with van der Waals surface area (Å²) in [5.41, 5.74) is 0.491. The Morgan fingerprint density at radius 3 is 2.39 bits per heavy atom. The molecule has 0 N–H and O–H groups in total. The van der Waals surface area contributed by atoms with Crippen LogP contribution in [0.1, 0.15) is 32.3 Å². The van der Waals surface area contributed by atoms with Gasteiger partial charge >= 0.3 is 0 Å². The molecular formula is C13H18ClNO2S. The van der Waals surface area contributed by atoms with E-state index >= 15 is 0 Å². The van der Waals surface area contributed by atoms with Crippen molar-refractivity contribution in [3.8, 4) is 0 Å². The van der Waals surface area contributed by atoms with E-state index in [0.717, 1.165) is 18.4 Å². The lowest BCUT2D eigenvalue weighted by Gasteiger charge is -2.35. The fourth-order valence-electron chi connectivity index (χ4n) is 2.95. The molecule has 1 aliphatic rings. The van der Waals surface area contributed by atoms with Crippen LogP contribution in [0.2, 0.25) is 0 Å². The van der Waals surface area contributed by atoms with E-state index in [4.69, 9.17) is 11.6 Å². The molecule has 1 aromatic rings. The van der Waals surface area contributed by atoms with Gasteiger partial charge in [-0.3, -0.25) is 0 Å². The van der Waals surface area contributed by atoms with E-state index < -0.39 is 15.6 Å². The van der Waals surface area contributed by atoms with Crippen LogP contribution in [0.25, 0.3) is 0 Å². The summed E-state index contributed by atoms with van der Waals surface area (Å²) in [6.07, 6.45) is 1.52. The lowest BCUT2D eigenvalue weighted by atomic mass is 9.85. The lowest BCUT2D eigenvalue weighted by Crippen LogP contribution is -2.44. The van der Waals surface area contributed by atoms with Crippen molar-refractivity contribution in [1.82, 2.24) is 4.31 Å². The third-order valence-corrected chi connectivity index (χ3v) is 6.08. The average Bonchev–Trinajstić information content (AvgIpc) is 2.57. The van der Waals surface area contributed by atoms with Crippen molar-refractivity contribution in [3.63, 3.8) is 0 Å². The van der Waals surface area contributed by atoms with E-state index in [1.807, 2.05) is 26.0 Å². The minimum atomic E-state index is -3.39. The topological polar surface area (TPSA) is 37.4 Å². The summed E-state index contributed by atoms with van der Waals surface area (Å²) in [5.74, 6) is 0.314. The number of hydrogen-bond acceptors (Lipinski definition) is 2. The van der Waals surface area contributed by atoms with Crippen LogP contribution >= 0.6 is 11.6 Å². The van der Waals surface area contributed by atoms with Crippen LogP contribution < -0.4 is 0 Å². The Bertz CT molecular complexity index is 538. The minimum absolute atomic E-state index is 0.314. The van der Waals surface area contributed by atoms with Gasteiger partial charge in [0.1, 0.15) is 0 Å². The fraction of sp³-hybridized carbons (Fsp3) is 0.538. The highest BCUT2D eigenvalue weighted by Gasteiger charge is 2.51. The number of alkyl halides is 1. The molecule has 0 spiro atoms. The summed E-state index contributed by atoms with van der Waals surface area (Å²) in [6, 6.07) is 7.29. The van der Waals surface area contributed by atoms with Gasteiger partial charge in [-0.25, -0.2) is 8.42 Å². The maximum Gasteiger partial charge on any atom is 0.244 e. The first kappa shape index (κ1) is 13.8. The molecule has 1 aromatic carbocycles. The number of benzene rings is 1. The van der Waals surface area contributed by atoms with Crippen LogP contribution in [0.5, 0.6) is 0 Å². The zero-order valence-electron chi connectivity index (χ0n) is 10.7. The standard InChI is InChI=1S/C13H18ClNO2S/c1-3-13(4-2)11-7-5-6-8-12(11)18(16,17)15(13)10-9-14/h5-8H,3-4,9-10H2,1-2H3. The van der Waals surface area contributed by atoms with Gasteiger partial charge in [0.2, 0.25) is 10.0 Å². The molecule has 0 aromatic heterocycles. The van der Waals surface area contributed by atoms with E-state index in [1.165, 1.54) is 0 Å². The molecule has 0 unspecified atom stereocenters. The molecule has 0 bridgehead atoms. The Kier molecular flexibility index (Phi) is 3.72. The highest BCUT2D eigenvalue weighted by atomic mass is 35.5. The van der Waals surface area contributed by atoms with Gasteiger partial charge in [0.15, 0.2) is 0 Å². The van der Waals surface area contributed by atoms with Crippen LogP contribution in [0.4, 0.5) is 0 Å². The quantitative estimate of drug-likeness (QED) is 0.799. The maximum absolute atomic E-state index is 12.6. The monoisotopic (exact) mass is 287 g/mol. The molecule has 1 aliphatic heterocycles. The largest absolute Gasteiger partial charge is 0.244 e. The molecule has 0 fully saturated rings. The van der Waals surface area contributed by atoms with Crippen LogP contribution in [-0.4, -0.2) is 25.1 Å². The van der Waals surface area contributed by atoms with E-state index in [1.54, 1.807) is 16.4 Å². The molecule has 0 radical (unpaired) electrons. The SMILES string of the molecule is CCC1(CC)c2ccccc2S(=O)(=O)N1CCCl. The summed E-state index contributed by atoms with van der Waals surface area (Å²) in [6.45, 7) is 4.42. The third-order valence-electron chi connectivity index (χ3n) is 3.89. The second-order valence-corrected chi connectivity index (χ2v) is 6.71. The molecule has 2 rings (SSSR count). The number of rotatable bonds is 4. The summed E-state index contributed by atoms with van der Waals surface area (Å²) in [5, 5.41) is 0. The predicted molar refractivity (Wildman–Crippen MR) is 73.3 cm³/mol. The number of nitrogens with zero attached hydrogens (tertiary/aromatic N) is 1. The molecule has 0 amide bonds. The molecule has 100 valence electrons. The Morgan fingerprint density at radius 1 is 1.22 bits per heavy atom. The van der Waals surface area contributed by atoms with Gasteiger partial charge in [0.05, 0.1) is 10.4 Å². The molecule has 0 saturated carbocycles. The Labute approximate surface area is 114 Å². The van der Waals surface area contributed by atoms with Gasteiger partial charge in [-0.15, -0.1) is 11.6 Å². The zero-order valence-corrected chi connectivity index (χ0v) is 12.3. The minimum Gasteiger partial charge on any atom is -0.207 e. The summed E-state index contributed by atoms with van der Waals surface area (Å²) in [7, 11) is -3.39. The molecular weight excluding hydrogens is 270 g/mol. The van der Waals surface area contributed by atoms with Crippen molar-refractivity contribution in [2.75, 3.05) is 12.4 Å². The normalized spacial score (nSPS) is 20.8. The highest BCUT2D eigenvalue weighted by molar-refractivity contribution is 7.89. The predicted octanol–water partition coefficient (Wildman–Crippen LogP) is 2.95. The smallest absolute Gasteiger partial charge is 0.207 e. The first-order chi connectivity index (χ1) is 8.54. The zero-order chi connectivity index (χ0) is 13.4. The average molecular weight is 288 g/mol. The first-order valence-electron chi connectivity index (χ1n) is 6.23. The maximum atomic E-state index is 12.6. The lowest BCUT2D eigenvalue weighted by molar-refractivity contribution is 0.190. The van der Waals surface area contributed by atoms with Gasteiger partial charge < -0.3 is 0 Å². The summed E-state index contributed by atoms with van der Waals surface area (Å²) >= 11 is 5.79. The van der Waals surface area contributed by atoms with Crippen molar-refractivity contribution >= 4 is 21.6 Å². The van der Waals surface area contributed by atoms with Crippen LogP contribution in [0.15, 0.2) is 29.2 Å². The van der Waals surface area contributed by atoms with Gasteiger partial charge in [-0.2, -0.15) is 4.31 Å². The van der Waals surface area contributed by atoms with Crippen LogP contribution in [0.3, 0.4) is 0 Å². The summed E-state index contributed by atoms with van der Waals surface area (Å²) in [4.78, 5) is 0.443. The third kappa shape index (κ3) is 1.70. The van der Waals surface area contributed by atoms with Crippen molar-refractivity contribution in [1.29, 1.82) is 0 Å². The van der Waals surface area contributed by atoms with Gasteiger partial charge in [-0.05, 0) is 24.5 Å². The number of fused-ring (bicyclic) bond motifs is 1. The second kappa shape index (κ2) is 4.83. The van der Waals surface area contributed by atoms with Crippen molar-refractivity contribution in [2.45, 2.75) is 37.1 Å². The molecule has 18 heavy (non-hydrogen) atoms. The second-order valence-electron chi connectivity index (χ2n) is 4.50. The molecule has 1 heterocycles. The molecule has 5 heteroatoms. The number of halogens is 1. The van der Waals surface area contributed by atoms with E-state index in [2.05, 4.69) is 0 Å². The fourth-order valence-corrected chi connectivity index (χ4v) is 5.40. The Balaban J connectivity index is 2.71. The van der Waals surface area contributed by atoms with Crippen molar-refractivity contribution in [3.05, 3.63) is 29.8 Å². The number of hydrogen-bond donors (Lipinski definition) is 0. The first-order valence-corrected chi connectivity index (χ1v) is 8.20. The van der Waals surface area contributed by atoms with E-state index in [9.17, 15) is 8.42 Å². The Morgan fingerprint density at radius 2 is 1.83 bits per heavy atom. The molecule has 3 nitrogen and oxygen atoms in total. The van der Waals surface area contributed by atoms with E-state index in [0.29, 0.717) is 17.3 Å². The molecule has 0 atom stereocenters. The van der Waals surface area contributed by atoms with Gasteiger partial charge in [0.25, 0.3) is 0 Å². The van der Waals surface area contributed by atoms with Crippen molar-refractivity contribution in [2.24, 2.45) is 0 Å². The van der Waals surface area contributed by atoms with Gasteiger partial charge in [0, 0.05) is 12.4 Å². The van der Waals surface area contributed by atoms with Crippen molar-refractivity contribution < 1.29 is 8.42 Å². The van der Waals surface area contributed by atoms with E-state index in [-0.39, 0.29) is 0 Å². The van der Waals surface area contributed by atoms with Crippen LogP contribution in [0, 0.1) is 0 Å². The highest BCUT2D eigenvalue weighted by Crippen LogP contribution is 2.47. The van der Waals surface area contributed by atoms with Crippen LogP contribution in [-0.2, 0) is 15.6 Å². The molecule has 0 saturated heterocycles. The van der Waals surface area contributed by atoms with Gasteiger partial charge in [-0.1, -0.05) is 32.0 Å². The number of sulfonamides is 1. The Hall–Kier alpha value is -0.580. The molecule has 0 aliphatic carbocycles. The summed E-state index contributed by atoms with van der Waals surface area (Å²) < 4.78 is 26.7.